The average molecular weight is 530 g/mol. The van der Waals surface area contributed by atoms with Gasteiger partial charge in [-0.1, -0.05) is 15.9 Å². The van der Waals surface area contributed by atoms with Gasteiger partial charge in [-0.3, -0.25) is 0 Å². The van der Waals surface area contributed by atoms with Crippen molar-refractivity contribution in [3.05, 3.63) is 39.2 Å². The van der Waals surface area contributed by atoms with Crippen LogP contribution in [0.1, 0.15) is 25.7 Å². The number of nitrogens with one attached hydrogen (secondary N) is 3. The van der Waals surface area contributed by atoms with Crippen molar-refractivity contribution in [2.24, 2.45) is 0 Å². The van der Waals surface area contributed by atoms with Crippen molar-refractivity contribution in [3.8, 4) is 0 Å². The molecule has 1 saturated carbocycles. The molecule has 0 unspecified atom stereocenters. The van der Waals surface area contributed by atoms with E-state index in [1.54, 1.807) is 12.3 Å². The minimum absolute atomic E-state index is 0.0411. The van der Waals surface area contributed by atoms with Gasteiger partial charge >= 0.3 is 6.03 Å². The lowest BCUT2D eigenvalue weighted by atomic mass is 9.91. The molecular formula is C19H23Br2FN6O. The van der Waals surface area contributed by atoms with Crippen LogP contribution in [0, 0.1) is 5.82 Å². The Morgan fingerprint density at radius 1 is 1.17 bits per heavy atom. The first-order chi connectivity index (χ1) is 13.8. The Bertz CT molecular complexity index is 851. The lowest BCUT2D eigenvalue weighted by Crippen LogP contribution is -2.42. The van der Waals surface area contributed by atoms with Crippen LogP contribution >= 0.6 is 31.9 Å². The molecule has 2 aromatic rings. The predicted molar refractivity (Wildman–Crippen MR) is 120 cm³/mol. The second-order valence-electron chi connectivity index (χ2n) is 7.17. The molecule has 7 nitrogen and oxygen atoms in total. The minimum Gasteiger partial charge on any atom is -0.363 e. The van der Waals surface area contributed by atoms with Crippen LogP contribution in [-0.2, 0) is 0 Å². The first-order valence-corrected chi connectivity index (χ1v) is 10.9. The van der Waals surface area contributed by atoms with E-state index in [1.165, 1.54) is 6.07 Å². The number of halogens is 3. The van der Waals surface area contributed by atoms with E-state index in [0.717, 1.165) is 31.5 Å². The molecule has 1 aromatic heterocycles. The van der Waals surface area contributed by atoms with Crippen LogP contribution in [-0.4, -0.2) is 42.2 Å². The van der Waals surface area contributed by atoms with Gasteiger partial charge in [-0.15, -0.1) is 0 Å². The molecule has 0 saturated heterocycles. The number of rotatable bonds is 5. The number of benzene rings is 1. The highest BCUT2D eigenvalue weighted by Crippen LogP contribution is 2.29. The number of hydrogen-bond donors (Lipinski definition) is 3. The van der Waals surface area contributed by atoms with Gasteiger partial charge in [0.05, 0.1) is 5.69 Å². The Balaban J connectivity index is 1.48. The Morgan fingerprint density at radius 3 is 2.52 bits per heavy atom. The van der Waals surface area contributed by atoms with Crippen LogP contribution in [0.4, 0.5) is 26.6 Å². The zero-order valence-corrected chi connectivity index (χ0v) is 19.3. The summed E-state index contributed by atoms with van der Waals surface area (Å²) >= 11 is 6.49. The number of carbonyl (C=O) groups excluding carboxylic acids is 1. The van der Waals surface area contributed by atoms with Crippen LogP contribution in [0.25, 0.3) is 0 Å². The molecule has 29 heavy (non-hydrogen) atoms. The van der Waals surface area contributed by atoms with Crippen molar-refractivity contribution in [1.82, 2.24) is 15.3 Å². The quantitative estimate of drug-likeness (QED) is 0.520. The van der Waals surface area contributed by atoms with Gasteiger partial charge in [0.25, 0.3) is 0 Å². The second kappa shape index (κ2) is 9.71. The third kappa shape index (κ3) is 6.02. The van der Waals surface area contributed by atoms with Crippen LogP contribution in [0.15, 0.2) is 33.3 Å². The van der Waals surface area contributed by atoms with Crippen molar-refractivity contribution in [2.75, 3.05) is 29.6 Å². The Hall–Kier alpha value is -1.94. The van der Waals surface area contributed by atoms with Gasteiger partial charge in [0.2, 0.25) is 5.95 Å². The first-order valence-electron chi connectivity index (χ1n) is 9.31. The van der Waals surface area contributed by atoms with Crippen molar-refractivity contribution in [1.29, 1.82) is 0 Å². The van der Waals surface area contributed by atoms with Gasteiger partial charge in [-0.2, -0.15) is 4.98 Å². The first kappa shape index (κ1) is 21.8. The second-order valence-corrected chi connectivity index (χ2v) is 8.94. The zero-order chi connectivity index (χ0) is 21.0. The van der Waals surface area contributed by atoms with E-state index in [1.807, 2.05) is 25.1 Å². The number of hydrogen-bond acceptors (Lipinski definition) is 5. The van der Waals surface area contributed by atoms with E-state index in [0.29, 0.717) is 14.9 Å². The van der Waals surface area contributed by atoms with Crippen molar-refractivity contribution in [2.45, 2.75) is 37.8 Å². The maximum atomic E-state index is 14.1. The van der Waals surface area contributed by atoms with Crippen molar-refractivity contribution < 1.29 is 9.18 Å². The normalized spacial score (nSPS) is 18.8. The molecule has 3 rings (SSSR count). The number of urea groups is 1. The van der Waals surface area contributed by atoms with Gasteiger partial charge in [-0.05, 0) is 59.8 Å². The molecule has 3 N–H and O–H groups in total. The Morgan fingerprint density at radius 2 is 1.86 bits per heavy atom. The fourth-order valence-electron chi connectivity index (χ4n) is 3.23. The largest absolute Gasteiger partial charge is 0.363 e. The van der Waals surface area contributed by atoms with E-state index < -0.39 is 11.8 Å². The summed E-state index contributed by atoms with van der Waals surface area (Å²) in [5.41, 5.74) is 0.124. The molecule has 0 bridgehead atoms. The molecule has 1 fully saturated rings. The number of amides is 2. The molecule has 1 aliphatic rings. The molecule has 0 aliphatic heterocycles. The summed E-state index contributed by atoms with van der Waals surface area (Å²) in [6.45, 7) is 0. The SMILES string of the molecule is CN(C)c1ccnc(N[C@H]2CC[C@@H](NC(=O)Nc3c(F)cc(Br)cc3Br)CC2)n1. The molecule has 1 aromatic carbocycles. The summed E-state index contributed by atoms with van der Waals surface area (Å²) < 4.78 is 15.1. The Kier molecular flexibility index (Phi) is 7.28. The summed E-state index contributed by atoms with van der Waals surface area (Å²) in [6, 6.07) is 4.74. The standard InChI is InChI=1S/C19H23Br2FN6O/c1-28(2)16-7-8-23-18(26-16)24-12-3-5-13(6-4-12)25-19(29)27-17-14(21)9-11(20)10-15(17)22/h7-10,12-13H,3-6H2,1-2H3,(H,23,24,26)(H2,25,27,29)/t12-,13+. The highest BCUT2D eigenvalue weighted by molar-refractivity contribution is 9.11. The van der Waals surface area contributed by atoms with Crippen molar-refractivity contribution >= 4 is 55.3 Å². The lowest BCUT2D eigenvalue weighted by molar-refractivity contribution is 0.243. The van der Waals surface area contributed by atoms with Gasteiger partial charge in [-0.25, -0.2) is 14.2 Å². The minimum atomic E-state index is -0.505. The van der Waals surface area contributed by atoms with Crippen LogP contribution in [0.3, 0.4) is 0 Å². The maximum Gasteiger partial charge on any atom is 0.319 e. The van der Waals surface area contributed by atoms with Gasteiger partial charge in [0.1, 0.15) is 11.6 Å². The Labute approximate surface area is 186 Å². The van der Waals surface area contributed by atoms with Gasteiger partial charge in [0, 0.05) is 41.3 Å². The average Bonchev–Trinajstić information content (AvgIpc) is 2.66. The third-order valence-corrected chi connectivity index (χ3v) is 5.82. The van der Waals surface area contributed by atoms with Crippen LogP contribution in [0.5, 0.6) is 0 Å². The predicted octanol–water partition coefficient (Wildman–Crippen LogP) is 4.75. The fourth-order valence-corrected chi connectivity index (χ4v) is 4.50. The molecule has 1 heterocycles. The van der Waals surface area contributed by atoms with E-state index >= 15 is 0 Å². The summed E-state index contributed by atoms with van der Waals surface area (Å²) in [5, 5.41) is 8.89. The smallest absolute Gasteiger partial charge is 0.319 e. The van der Waals surface area contributed by atoms with E-state index in [4.69, 9.17) is 0 Å². The molecule has 2 amide bonds. The molecule has 0 spiro atoms. The van der Waals surface area contributed by atoms with Crippen LogP contribution < -0.4 is 20.9 Å². The summed E-state index contributed by atoms with van der Waals surface area (Å²) in [7, 11) is 3.87. The molecule has 156 valence electrons. The molecule has 0 atom stereocenters. The zero-order valence-electron chi connectivity index (χ0n) is 16.2. The number of nitrogens with zero attached hydrogens (tertiary/aromatic N) is 3. The van der Waals surface area contributed by atoms with E-state index in [9.17, 15) is 9.18 Å². The number of aromatic nitrogens is 2. The fraction of sp³-hybridized carbons (Fsp3) is 0.421. The summed E-state index contributed by atoms with van der Waals surface area (Å²) in [4.78, 5) is 23.0. The van der Waals surface area contributed by atoms with Gasteiger partial charge < -0.3 is 20.9 Å². The molecular weight excluding hydrogens is 507 g/mol. The number of anilines is 3. The molecule has 10 heteroatoms. The topological polar surface area (TPSA) is 82.2 Å². The monoisotopic (exact) mass is 528 g/mol. The third-order valence-electron chi connectivity index (χ3n) is 4.74. The summed E-state index contributed by atoms with van der Waals surface area (Å²) in [6.07, 6.45) is 5.15. The lowest BCUT2D eigenvalue weighted by Gasteiger charge is -2.29. The van der Waals surface area contributed by atoms with E-state index in [-0.39, 0.29) is 17.8 Å². The van der Waals surface area contributed by atoms with Crippen molar-refractivity contribution in [3.63, 3.8) is 0 Å². The summed E-state index contributed by atoms with van der Waals surface area (Å²) in [5.74, 6) is 0.955. The molecule has 0 radical (unpaired) electrons. The van der Waals surface area contributed by atoms with Gasteiger partial charge in [0.15, 0.2) is 0 Å². The van der Waals surface area contributed by atoms with Crippen LogP contribution in [0.2, 0.25) is 0 Å². The maximum absolute atomic E-state index is 14.1. The number of carbonyl (C=O) groups is 1. The highest BCUT2D eigenvalue weighted by Gasteiger charge is 2.23. The molecule has 1 aliphatic carbocycles. The van der Waals surface area contributed by atoms with E-state index in [2.05, 4.69) is 57.8 Å². The highest BCUT2D eigenvalue weighted by atomic mass is 79.9.